The van der Waals surface area contributed by atoms with E-state index in [1.165, 1.54) is 18.2 Å². The molecule has 7 heteroatoms. The van der Waals surface area contributed by atoms with E-state index >= 15 is 0 Å². The number of aromatic carboxylic acids is 1. The first-order chi connectivity index (χ1) is 13.9. The molecule has 0 heterocycles. The number of carbonyl (C=O) groups is 1. The van der Waals surface area contributed by atoms with E-state index in [1.807, 2.05) is 67.6 Å². The van der Waals surface area contributed by atoms with Crippen molar-refractivity contribution < 1.29 is 18.3 Å². The van der Waals surface area contributed by atoms with Gasteiger partial charge in [0.1, 0.15) is 0 Å². The minimum absolute atomic E-state index is 0.0938. The van der Waals surface area contributed by atoms with E-state index in [2.05, 4.69) is 10.0 Å². The lowest BCUT2D eigenvalue weighted by atomic mass is 10.1. The molecule has 29 heavy (non-hydrogen) atoms. The summed E-state index contributed by atoms with van der Waals surface area (Å²) in [5, 5.41) is 12.7. The van der Waals surface area contributed by atoms with E-state index in [0.29, 0.717) is 5.69 Å². The maximum absolute atomic E-state index is 12.6. The third-order valence-electron chi connectivity index (χ3n) is 4.51. The quantitative estimate of drug-likeness (QED) is 0.521. The molecule has 0 aliphatic rings. The highest BCUT2D eigenvalue weighted by atomic mass is 32.2. The number of benzene rings is 3. The summed E-state index contributed by atoms with van der Waals surface area (Å²) in [5.41, 5.74) is 2.06. The smallest absolute Gasteiger partial charge is 0.337 e. The second-order valence-electron chi connectivity index (χ2n) is 6.60. The summed E-state index contributed by atoms with van der Waals surface area (Å²) in [5.74, 6) is -1.20. The van der Waals surface area contributed by atoms with E-state index in [-0.39, 0.29) is 23.0 Å². The fraction of sp³-hybridized carbons (Fsp3) is 0.136. The van der Waals surface area contributed by atoms with Crippen LogP contribution in [0.15, 0.2) is 83.8 Å². The van der Waals surface area contributed by atoms with E-state index < -0.39 is 16.0 Å². The Morgan fingerprint density at radius 3 is 2.21 bits per heavy atom. The van der Waals surface area contributed by atoms with Crippen molar-refractivity contribution in [2.45, 2.75) is 24.4 Å². The molecule has 1 unspecified atom stereocenters. The number of carboxylic acid groups (broad SMARTS) is 1. The van der Waals surface area contributed by atoms with Crippen LogP contribution in [0.2, 0.25) is 0 Å². The zero-order valence-electron chi connectivity index (χ0n) is 15.9. The summed E-state index contributed by atoms with van der Waals surface area (Å²) in [6.45, 7) is 2.03. The first-order valence-electron chi connectivity index (χ1n) is 9.09. The summed E-state index contributed by atoms with van der Waals surface area (Å²) in [7, 11) is -3.85. The van der Waals surface area contributed by atoms with Crippen LogP contribution in [0.25, 0.3) is 0 Å². The molecule has 0 amide bonds. The van der Waals surface area contributed by atoms with Crippen LogP contribution in [0.3, 0.4) is 0 Å². The van der Waals surface area contributed by atoms with Crippen molar-refractivity contribution in [1.29, 1.82) is 0 Å². The molecule has 0 aromatic heterocycles. The van der Waals surface area contributed by atoms with Crippen LogP contribution in [-0.2, 0) is 16.6 Å². The van der Waals surface area contributed by atoms with Gasteiger partial charge in [0.15, 0.2) is 0 Å². The Kier molecular flexibility index (Phi) is 6.31. The third-order valence-corrected chi connectivity index (χ3v) is 5.91. The van der Waals surface area contributed by atoms with Gasteiger partial charge >= 0.3 is 5.97 Å². The Morgan fingerprint density at radius 1 is 0.966 bits per heavy atom. The number of sulfonamides is 1. The summed E-state index contributed by atoms with van der Waals surface area (Å²) in [6.07, 6.45) is 0. The largest absolute Gasteiger partial charge is 0.478 e. The Labute approximate surface area is 170 Å². The number of rotatable bonds is 8. The van der Waals surface area contributed by atoms with Gasteiger partial charge in [0.2, 0.25) is 10.0 Å². The second kappa shape index (κ2) is 8.89. The van der Waals surface area contributed by atoms with Gasteiger partial charge in [-0.25, -0.2) is 17.9 Å². The van der Waals surface area contributed by atoms with Gasteiger partial charge in [-0.05, 0) is 36.2 Å². The first-order valence-corrected chi connectivity index (χ1v) is 10.6. The van der Waals surface area contributed by atoms with Crippen LogP contribution in [0.5, 0.6) is 0 Å². The zero-order valence-corrected chi connectivity index (χ0v) is 16.7. The van der Waals surface area contributed by atoms with E-state index in [9.17, 15) is 18.3 Å². The van der Waals surface area contributed by atoms with Crippen molar-refractivity contribution in [3.05, 3.63) is 95.6 Å². The Morgan fingerprint density at radius 2 is 1.59 bits per heavy atom. The van der Waals surface area contributed by atoms with E-state index in [1.54, 1.807) is 0 Å². The fourth-order valence-corrected chi connectivity index (χ4v) is 3.95. The van der Waals surface area contributed by atoms with Gasteiger partial charge in [-0.2, -0.15) is 0 Å². The molecular formula is C22H22N2O4S. The van der Waals surface area contributed by atoms with Gasteiger partial charge in [0, 0.05) is 18.3 Å². The lowest BCUT2D eigenvalue weighted by Crippen LogP contribution is -2.23. The van der Waals surface area contributed by atoms with Crippen LogP contribution in [0, 0.1) is 0 Å². The molecule has 0 bridgehead atoms. The SMILES string of the molecule is CC(Nc1ccc(S(=O)(=O)NCc2ccccc2)cc1C(=O)O)c1ccccc1. The number of hydrogen-bond acceptors (Lipinski definition) is 4. The Hall–Kier alpha value is -3.16. The molecule has 0 aliphatic carbocycles. The van der Waals surface area contributed by atoms with Gasteiger partial charge < -0.3 is 10.4 Å². The lowest BCUT2D eigenvalue weighted by molar-refractivity contribution is 0.0697. The van der Waals surface area contributed by atoms with Crippen LogP contribution in [0.1, 0.15) is 34.5 Å². The first kappa shape index (κ1) is 20.6. The highest BCUT2D eigenvalue weighted by molar-refractivity contribution is 7.89. The molecule has 150 valence electrons. The summed E-state index contributed by atoms with van der Waals surface area (Å²) in [4.78, 5) is 11.6. The van der Waals surface area contributed by atoms with E-state index in [0.717, 1.165) is 11.1 Å². The van der Waals surface area contributed by atoms with Crippen molar-refractivity contribution in [2.75, 3.05) is 5.32 Å². The molecule has 3 N–H and O–H groups in total. The summed E-state index contributed by atoms with van der Waals surface area (Å²) < 4.78 is 27.7. The zero-order chi connectivity index (χ0) is 20.9. The molecule has 6 nitrogen and oxygen atoms in total. The molecule has 3 aromatic carbocycles. The van der Waals surface area contributed by atoms with Crippen molar-refractivity contribution >= 4 is 21.7 Å². The second-order valence-corrected chi connectivity index (χ2v) is 8.37. The predicted molar refractivity (Wildman–Crippen MR) is 112 cm³/mol. The van der Waals surface area contributed by atoms with Crippen molar-refractivity contribution in [1.82, 2.24) is 4.72 Å². The normalized spacial score (nSPS) is 12.3. The molecule has 0 spiro atoms. The lowest BCUT2D eigenvalue weighted by Gasteiger charge is -2.18. The molecule has 1 atom stereocenters. The number of anilines is 1. The predicted octanol–water partition coefficient (Wildman–Crippen LogP) is 4.04. The Balaban J connectivity index is 1.82. The Bertz CT molecular complexity index is 1080. The van der Waals surface area contributed by atoms with Crippen LogP contribution >= 0.6 is 0 Å². The van der Waals surface area contributed by atoms with Gasteiger partial charge in [-0.3, -0.25) is 0 Å². The molecule has 3 rings (SSSR count). The van der Waals surface area contributed by atoms with Gasteiger partial charge in [-0.15, -0.1) is 0 Å². The summed E-state index contributed by atoms with van der Waals surface area (Å²) in [6, 6.07) is 22.6. The number of carboxylic acids is 1. The number of hydrogen-bond donors (Lipinski definition) is 3. The van der Waals surface area contributed by atoms with Crippen molar-refractivity contribution in [3.8, 4) is 0 Å². The van der Waals surface area contributed by atoms with E-state index in [4.69, 9.17) is 0 Å². The topological polar surface area (TPSA) is 95.5 Å². The number of nitrogens with one attached hydrogen (secondary N) is 2. The van der Waals surface area contributed by atoms with Crippen molar-refractivity contribution in [2.24, 2.45) is 0 Å². The van der Waals surface area contributed by atoms with Gasteiger partial charge in [0.05, 0.1) is 10.5 Å². The molecule has 0 saturated carbocycles. The highest BCUT2D eigenvalue weighted by Gasteiger charge is 2.20. The van der Waals surface area contributed by atoms with Gasteiger partial charge in [0.25, 0.3) is 0 Å². The van der Waals surface area contributed by atoms with Crippen molar-refractivity contribution in [3.63, 3.8) is 0 Å². The average Bonchev–Trinajstić information content (AvgIpc) is 2.73. The minimum atomic E-state index is -3.85. The summed E-state index contributed by atoms with van der Waals surface area (Å²) >= 11 is 0. The van der Waals surface area contributed by atoms with Crippen LogP contribution < -0.4 is 10.0 Å². The standard InChI is InChI=1S/C22H22N2O4S/c1-16(18-10-6-3-7-11-18)24-21-13-12-19(14-20(21)22(25)26)29(27,28)23-15-17-8-4-2-5-9-17/h2-14,16,23-24H,15H2,1H3,(H,25,26). The minimum Gasteiger partial charge on any atom is -0.478 e. The monoisotopic (exact) mass is 410 g/mol. The molecular weight excluding hydrogens is 388 g/mol. The molecule has 0 saturated heterocycles. The fourth-order valence-electron chi connectivity index (χ4n) is 2.91. The van der Waals surface area contributed by atoms with Crippen LogP contribution in [-0.4, -0.2) is 19.5 Å². The molecule has 3 aromatic rings. The maximum Gasteiger partial charge on any atom is 0.337 e. The molecule has 0 fully saturated rings. The maximum atomic E-state index is 12.6. The molecule has 0 radical (unpaired) electrons. The van der Waals surface area contributed by atoms with Crippen LogP contribution in [0.4, 0.5) is 5.69 Å². The molecule has 0 aliphatic heterocycles. The average molecular weight is 410 g/mol. The van der Waals surface area contributed by atoms with Gasteiger partial charge in [-0.1, -0.05) is 60.7 Å². The highest BCUT2D eigenvalue weighted by Crippen LogP contribution is 2.25. The third kappa shape index (κ3) is 5.22.